The molecule has 5 heteroatoms. The topological polar surface area (TPSA) is 47.6 Å². The molecule has 0 aliphatic heterocycles. The van der Waals surface area contributed by atoms with Gasteiger partial charge in [0.05, 0.1) is 14.2 Å². The van der Waals surface area contributed by atoms with Gasteiger partial charge in [0.25, 0.3) is 0 Å². The fourth-order valence-corrected chi connectivity index (χ4v) is 1.82. The molecule has 19 heavy (non-hydrogen) atoms. The molecule has 0 saturated carbocycles. The van der Waals surface area contributed by atoms with E-state index in [2.05, 4.69) is 5.32 Å². The Morgan fingerprint density at radius 3 is 2.58 bits per heavy atom. The Kier molecular flexibility index (Phi) is 5.76. The van der Waals surface area contributed by atoms with Crippen LogP contribution in [0.3, 0.4) is 0 Å². The van der Waals surface area contributed by atoms with Crippen LogP contribution in [0.5, 0.6) is 5.75 Å². The lowest BCUT2D eigenvalue weighted by Gasteiger charge is -2.20. The Balaban J connectivity index is 2.79. The number of nitrogens with one attached hydrogen (secondary N) is 1. The van der Waals surface area contributed by atoms with Crippen LogP contribution in [0.1, 0.15) is 19.4 Å². The number of methoxy groups -OCH3 is 2. The van der Waals surface area contributed by atoms with E-state index in [0.29, 0.717) is 17.9 Å². The molecule has 1 N–H and O–H groups in total. The lowest BCUT2D eigenvalue weighted by molar-refractivity contribution is -0.144. The van der Waals surface area contributed by atoms with Crippen molar-refractivity contribution >= 4 is 5.97 Å². The van der Waals surface area contributed by atoms with Gasteiger partial charge in [0.1, 0.15) is 17.6 Å². The first kappa shape index (κ1) is 15.4. The Bertz CT molecular complexity index is 435. The smallest absolute Gasteiger partial charge is 0.323 e. The van der Waals surface area contributed by atoms with E-state index >= 15 is 0 Å². The highest BCUT2D eigenvalue weighted by Crippen LogP contribution is 2.19. The van der Waals surface area contributed by atoms with Crippen LogP contribution in [0.15, 0.2) is 18.2 Å². The van der Waals surface area contributed by atoms with Crippen molar-refractivity contribution in [3.63, 3.8) is 0 Å². The number of benzene rings is 1. The fourth-order valence-electron chi connectivity index (χ4n) is 1.82. The monoisotopic (exact) mass is 269 g/mol. The Morgan fingerprint density at radius 2 is 2.05 bits per heavy atom. The highest BCUT2D eigenvalue weighted by atomic mass is 19.1. The summed E-state index contributed by atoms with van der Waals surface area (Å²) in [7, 11) is 2.87. The maximum atomic E-state index is 13.2. The Labute approximate surface area is 112 Å². The van der Waals surface area contributed by atoms with Gasteiger partial charge in [-0.25, -0.2) is 4.39 Å². The zero-order valence-corrected chi connectivity index (χ0v) is 11.7. The Morgan fingerprint density at radius 1 is 1.37 bits per heavy atom. The first-order valence-electron chi connectivity index (χ1n) is 6.13. The van der Waals surface area contributed by atoms with Crippen molar-refractivity contribution in [2.24, 2.45) is 5.92 Å². The number of ether oxygens (including phenoxy) is 2. The molecule has 106 valence electrons. The minimum Gasteiger partial charge on any atom is -0.496 e. The lowest BCUT2D eigenvalue weighted by Crippen LogP contribution is -2.41. The third-order valence-corrected chi connectivity index (χ3v) is 2.88. The highest BCUT2D eigenvalue weighted by molar-refractivity contribution is 5.75. The molecular weight excluding hydrogens is 249 g/mol. The van der Waals surface area contributed by atoms with E-state index in [1.807, 2.05) is 13.8 Å². The number of halogens is 1. The predicted octanol–water partition coefficient (Wildman–Crippen LogP) is 2.12. The van der Waals surface area contributed by atoms with Crippen molar-refractivity contribution < 1.29 is 18.7 Å². The number of hydrogen-bond acceptors (Lipinski definition) is 4. The molecule has 0 bridgehead atoms. The summed E-state index contributed by atoms with van der Waals surface area (Å²) in [5.74, 6) is -0.00425. The van der Waals surface area contributed by atoms with Crippen LogP contribution in [-0.2, 0) is 16.1 Å². The van der Waals surface area contributed by atoms with E-state index in [9.17, 15) is 9.18 Å². The Hall–Kier alpha value is -1.62. The molecule has 0 aromatic heterocycles. The molecule has 0 aliphatic carbocycles. The van der Waals surface area contributed by atoms with Crippen LogP contribution in [0.25, 0.3) is 0 Å². The average molecular weight is 269 g/mol. The van der Waals surface area contributed by atoms with E-state index in [-0.39, 0.29) is 17.7 Å². The molecule has 0 spiro atoms. The molecule has 0 aliphatic rings. The zero-order chi connectivity index (χ0) is 14.4. The summed E-state index contributed by atoms with van der Waals surface area (Å²) in [5.41, 5.74) is 0.664. The number of rotatable bonds is 6. The molecule has 0 saturated heterocycles. The number of hydrogen-bond donors (Lipinski definition) is 1. The molecule has 0 radical (unpaired) electrons. The summed E-state index contributed by atoms with van der Waals surface area (Å²) in [6, 6.07) is 3.86. The van der Waals surface area contributed by atoms with Gasteiger partial charge in [-0.1, -0.05) is 13.8 Å². The first-order valence-corrected chi connectivity index (χ1v) is 6.13. The maximum Gasteiger partial charge on any atom is 0.323 e. The average Bonchev–Trinajstić information content (AvgIpc) is 2.38. The second-order valence-corrected chi connectivity index (χ2v) is 4.58. The summed E-state index contributed by atoms with van der Waals surface area (Å²) < 4.78 is 23.1. The van der Waals surface area contributed by atoms with Crippen LogP contribution >= 0.6 is 0 Å². The molecule has 0 fully saturated rings. The van der Waals surface area contributed by atoms with E-state index in [0.717, 1.165) is 0 Å². The van der Waals surface area contributed by atoms with Gasteiger partial charge < -0.3 is 9.47 Å². The fraction of sp³-hybridized carbons (Fsp3) is 0.500. The molecule has 1 rings (SSSR count). The minimum atomic E-state index is -0.432. The first-order chi connectivity index (χ1) is 8.99. The van der Waals surface area contributed by atoms with Gasteiger partial charge in [-0.15, -0.1) is 0 Å². The predicted molar refractivity (Wildman–Crippen MR) is 70.4 cm³/mol. The van der Waals surface area contributed by atoms with Crippen LogP contribution in [0.2, 0.25) is 0 Å². The second kappa shape index (κ2) is 7.09. The highest BCUT2D eigenvalue weighted by Gasteiger charge is 2.22. The van der Waals surface area contributed by atoms with Crippen molar-refractivity contribution in [3.8, 4) is 5.75 Å². The van der Waals surface area contributed by atoms with Crippen molar-refractivity contribution in [1.82, 2.24) is 5.32 Å². The molecule has 1 unspecified atom stereocenters. The summed E-state index contributed by atoms with van der Waals surface area (Å²) >= 11 is 0. The van der Waals surface area contributed by atoms with E-state index in [1.54, 1.807) is 6.07 Å². The van der Waals surface area contributed by atoms with Gasteiger partial charge in [0.15, 0.2) is 0 Å². The normalized spacial score (nSPS) is 12.3. The molecule has 1 atom stereocenters. The summed E-state index contributed by atoms with van der Waals surface area (Å²) in [5, 5.41) is 3.07. The number of carbonyl (C=O) groups excluding carboxylic acids is 1. The quantitative estimate of drug-likeness (QED) is 0.804. The van der Waals surface area contributed by atoms with Gasteiger partial charge >= 0.3 is 5.97 Å². The van der Waals surface area contributed by atoms with Gasteiger partial charge in [-0.2, -0.15) is 0 Å². The zero-order valence-electron chi connectivity index (χ0n) is 11.7. The van der Waals surface area contributed by atoms with Gasteiger partial charge in [0, 0.05) is 12.1 Å². The molecule has 0 heterocycles. The third kappa shape index (κ3) is 4.21. The number of esters is 1. The van der Waals surface area contributed by atoms with E-state index in [4.69, 9.17) is 9.47 Å². The summed E-state index contributed by atoms with van der Waals surface area (Å²) in [4.78, 5) is 11.6. The van der Waals surface area contributed by atoms with E-state index < -0.39 is 6.04 Å². The van der Waals surface area contributed by atoms with Gasteiger partial charge in [0.2, 0.25) is 0 Å². The van der Waals surface area contributed by atoms with Gasteiger partial charge in [-0.3, -0.25) is 10.1 Å². The van der Waals surface area contributed by atoms with E-state index in [1.165, 1.54) is 26.4 Å². The maximum absolute atomic E-state index is 13.2. The lowest BCUT2D eigenvalue weighted by atomic mass is 10.0. The van der Waals surface area contributed by atoms with Crippen molar-refractivity contribution in [3.05, 3.63) is 29.6 Å². The standard InChI is InChI=1S/C14H20FNO3/c1-9(2)13(14(17)19-4)16-8-10-7-11(15)5-6-12(10)18-3/h5-7,9,13,16H,8H2,1-4H3. The van der Waals surface area contributed by atoms with Crippen LogP contribution in [0.4, 0.5) is 4.39 Å². The molecule has 1 aromatic carbocycles. The molecule has 0 amide bonds. The largest absolute Gasteiger partial charge is 0.496 e. The molecule has 1 aromatic rings. The summed E-state index contributed by atoms with van der Waals surface area (Å²) in [6.07, 6.45) is 0. The third-order valence-electron chi connectivity index (χ3n) is 2.88. The van der Waals surface area contributed by atoms with Crippen molar-refractivity contribution in [2.75, 3.05) is 14.2 Å². The second-order valence-electron chi connectivity index (χ2n) is 4.58. The van der Waals surface area contributed by atoms with Crippen LogP contribution in [0, 0.1) is 11.7 Å². The van der Waals surface area contributed by atoms with Crippen LogP contribution in [-0.4, -0.2) is 26.2 Å². The van der Waals surface area contributed by atoms with Crippen molar-refractivity contribution in [2.45, 2.75) is 26.4 Å². The SMILES string of the molecule is COC(=O)C(NCc1cc(F)ccc1OC)C(C)C. The summed E-state index contributed by atoms with van der Waals surface area (Å²) in [6.45, 7) is 4.16. The minimum absolute atomic E-state index is 0.0759. The van der Waals surface area contributed by atoms with Gasteiger partial charge in [-0.05, 0) is 24.1 Å². The van der Waals surface area contributed by atoms with Crippen molar-refractivity contribution in [1.29, 1.82) is 0 Å². The molecular formula is C14H20FNO3. The number of carbonyl (C=O) groups is 1. The molecule has 4 nitrogen and oxygen atoms in total. The van der Waals surface area contributed by atoms with Crippen LogP contribution < -0.4 is 10.1 Å².